The summed E-state index contributed by atoms with van der Waals surface area (Å²) in [5.41, 5.74) is 0. The second-order valence-electron chi connectivity index (χ2n) is 5.35. The molecular formula is C15H24O2. The molecule has 0 aromatic heterocycles. The predicted octanol–water partition coefficient (Wildman–Crippen LogP) is 2.89. The molecule has 17 heavy (non-hydrogen) atoms. The highest BCUT2D eigenvalue weighted by atomic mass is 16.5. The molecule has 0 radical (unpaired) electrons. The van der Waals surface area contributed by atoms with Crippen molar-refractivity contribution >= 4 is 0 Å². The molecule has 0 spiro atoms. The van der Waals surface area contributed by atoms with Gasteiger partial charge >= 0.3 is 0 Å². The van der Waals surface area contributed by atoms with E-state index >= 15 is 0 Å². The Balaban J connectivity index is 1.66. The third-order valence-corrected chi connectivity index (χ3v) is 3.96. The van der Waals surface area contributed by atoms with Crippen molar-refractivity contribution < 1.29 is 9.84 Å². The van der Waals surface area contributed by atoms with E-state index < -0.39 is 0 Å². The minimum Gasteiger partial charge on any atom is -0.392 e. The Hall–Kier alpha value is -0.520. The molecule has 2 saturated carbocycles. The third-order valence-electron chi connectivity index (χ3n) is 3.96. The lowest BCUT2D eigenvalue weighted by molar-refractivity contribution is 0.0494. The summed E-state index contributed by atoms with van der Waals surface area (Å²) >= 11 is 0. The van der Waals surface area contributed by atoms with Crippen LogP contribution in [0.3, 0.4) is 0 Å². The normalized spacial score (nSPS) is 30.6. The van der Waals surface area contributed by atoms with Crippen LogP contribution in [0.15, 0.2) is 0 Å². The fraction of sp³-hybridized carbons (Fsp3) is 0.867. The Kier molecular flexibility index (Phi) is 5.35. The first-order valence-electron chi connectivity index (χ1n) is 7.14. The number of ether oxygens (including phenoxy) is 1. The number of aliphatic hydroxyl groups excluding tert-OH is 1. The largest absolute Gasteiger partial charge is 0.392 e. The van der Waals surface area contributed by atoms with E-state index in [1.165, 1.54) is 38.5 Å². The minimum atomic E-state index is -0.203. The molecule has 2 unspecified atom stereocenters. The van der Waals surface area contributed by atoms with E-state index in [0.717, 1.165) is 19.3 Å². The number of aliphatic hydroxyl groups is 1. The average Bonchev–Trinajstić information content (AvgIpc) is 2.38. The fourth-order valence-corrected chi connectivity index (χ4v) is 2.84. The summed E-state index contributed by atoms with van der Waals surface area (Å²) in [6.07, 6.45) is 10.9. The van der Waals surface area contributed by atoms with Gasteiger partial charge in [-0.1, -0.05) is 43.9 Å². The lowest BCUT2D eigenvalue weighted by Gasteiger charge is -2.23. The first-order chi connectivity index (χ1) is 8.36. The summed E-state index contributed by atoms with van der Waals surface area (Å²) in [6.45, 7) is 0.549. The lowest BCUT2D eigenvalue weighted by atomic mass is 9.87. The lowest BCUT2D eigenvalue weighted by Crippen LogP contribution is -2.23. The fourth-order valence-electron chi connectivity index (χ4n) is 2.84. The summed E-state index contributed by atoms with van der Waals surface area (Å²) in [4.78, 5) is 0. The van der Waals surface area contributed by atoms with E-state index in [1.807, 2.05) is 0 Å². The van der Waals surface area contributed by atoms with Crippen LogP contribution in [-0.4, -0.2) is 23.9 Å². The highest BCUT2D eigenvalue weighted by molar-refractivity contribution is 5.07. The molecule has 2 aliphatic carbocycles. The second kappa shape index (κ2) is 7.03. The number of hydrogen-bond acceptors (Lipinski definition) is 2. The van der Waals surface area contributed by atoms with Gasteiger partial charge in [0.05, 0.1) is 12.2 Å². The Morgan fingerprint density at radius 2 is 1.65 bits per heavy atom. The molecule has 0 amide bonds. The topological polar surface area (TPSA) is 29.5 Å². The van der Waals surface area contributed by atoms with Crippen LogP contribution >= 0.6 is 0 Å². The highest BCUT2D eigenvalue weighted by Crippen LogP contribution is 2.23. The molecule has 2 nitrogen and oxygen atoms in total. The molecule has 0 aromatic carbocycles. The Labute approximate surface area is 105 Å². The third kappa shape index (κ3) is 4.33. The van der Waals surface area contributed by atoms with Crippen molar-refractivity contribution in [3.63, 3.8) is 0 Å². The van der Waals surface area contributed by atoms with Gasteiger partial charge < -0.3 is 9.84 Å². The molecule has 2 rings (SSSR count). The molecule has 0 bridgehead atoms. The molecule has 2 aliphatic rings. The monoisotopic (exact) mass is 236 g/mol. The molecule has 0 saturated heterocycles. The summed E-state index contributed by atoms with van der Waals surface area (Å²) in [5.74, 6) is 6.48. The maximum Gasteiger partial charge on any atom is 0.108 e. The van der Waals surface area contributed by atoms with Gasteiger partial charge in [0, 0.05) is 5.92 Å². The van der Waals surface area contributed by atoms with Gasteiger partial charge in [0.2, 0.25) is 0 Å². The van der Waals surface area contributed by atoms with E-state index in [9.17, 15) is 5.11 Å². The standard InChI is InChI=1S/C15H24O2/c16-15-11-5-4-7-13(15)8-6-12-17-14-9-2-1-3-10-14/h13-16H,1-5,7,9-12H2. The quantitative estimate of drug-likeness (QED) is 0.747. The van der Waals surface area contributed by atoms with E-state index in [-0.39, 0.29) is 12.0 Å². The number of hydrogen-bond donors (Lipinski definition) is 1. The predicted molar refractivity (Wildman–Crippen MR) is 68.6 cm³/mol. The van der Waals surface area contributed by atoms with Gasteiger partial charge in [-0.3, -0.25) is 0 Å². The maximum atomic E-state index is 9.77. The van der Waals surface area contributed by atoms with Crippen molar-refractivity contribution in [1.29, 1.82) is 0 Å². The van der Waals surface area contributed by atoms with Gasteiger partial charge in [-0.05, 0) is 25.7 Å². The number of rotatable bonds is 2. The van der Waals surface area contributed by atoms with Gasteiger partial charge in [0.25, 0.3) is 0 Å². The van der Waals surface area contributed by atoms with E-state index in [0.29, 0.717) is 12.7 Å². The van der Waals surface area contributed by atoms with Crippen molar-refractivity contribution in [2.24, 2.45) is 5.92 Å². The zero-order valence-corrected chi connectivity index (χ0v) is 10.7. The molecule has 0 aromatic rings. The molecule has 1 N–H and O–H groups in total. The minimum absolute atomic E-state index is 0.193. The van der Waals surface area contributed by atoms with Crippen LogP contribution in [0.25, 0.3) is 0 Å². The van der Waals surface area contributed by atoms with Gasteiger partial charge in [-0.2, -0.15) is 0 Å². The van der Waals surface area contributed by atoms with Crippen LogP contribution in [0, 0.1) is 17.8 Å². The molecule has 0 aliphatic heterocycles. The summed E-state index contributed by atoms with van der Waals surface area (Å²) in [6, 6.07) is 0. The van der Waals surface area contributed by atoms with Crippen molar-refractivity contribution in [3.8, 4) is 11.8 Å². The highest BCUT2D eigenvalue weighted by Gasteiger charge is 2.20. The molecule has 2 atom stereocenters. The zero-order chi connectivity index (χ0) is 11.9. The van der Waals surface area contributed by atoms with Crippen molar-refractivity contribution in [3.05, 3.63) is 0 Å². The Morgan fingerprint density at radius 1 is 0.941 bits per heavy atom. The molecular weight excluding hydrogens is 212 g/mol. The first kappa shape index (κ1) is 12.9. The van der Waals surface area contributed by atoms with Crippen LogP contribution in [0.5, 0.6) is 0 Å². The van der Waals surface area contributed by atoms with Crippen molar-refractivity contribution in [2.45, 2.75) is 70.0 Å². The summed E-state index contributed by atoms with van der Waals surface area (Å²) in [5, 5.41) is 9.77. The Morgan fingerprint density at radius 3 is 2.41 bits per heavy atom. The smallest absolute Gasteiger partial charge is 0.108 e. The van der Waals surface area contributed by atoms with Crippen LogP contribution in [0.2, 0.25) is 0 Å². The van der Waals surface area contributed by atoms with Crippen LogP contribution in [0.4, 0.5) is 0 Å². The molecule has 2 fully saturated rings. The van der Waals surface area contributed by atoms with Gasteiger partial charge in [-0.25, -0.2) is 0 Å². The van der Waals surface area contributed by atoms with Crippen LogP contribution in [-0.2, 0) is 4.74 Å². The van der Waals surface area contributed by atoms with E-state index in [1.54, 1.807) is 0 Å². The summed E-state index contributed by atoms with van der Waals surface area (Å²) < 4.78 is 5.75. The molecule has 2 heteroatoms. The van der Waals surface area contributed by atoms with Gasteiger partial charge in [-0.15, -0.1) is 0 Å². The Bertz CT molecular complexity index is 270. The summed E-state index contributed by atoms with van der Waals surface area (Å²) in [7, 11) is 0. The van der Waals surface area contributed by atoms with Crippen LogP contribution < -0.4 is 0 Å². The second-order valence-corrected chi connectivity index (χ2v) is 5.35. The van der Waals surface area contributed by atoms with Crippen molar-refractivity contribution in [2.75, 3.05) is 6.61 Å². The average molecular weight is 236 g/mol. The SMILES string of the molecule is OC1CCCCC1C#CCOC1CCCCC1. The van der Waals surface area contributed by atoms with Gasteiger partial charge in [0.1, 0.15) is 6.61 Å². The first-order valence-corrected chi connectivity index (χ1v) is 7.14. The van der Waals surface area contributed by atoms with Gasteiger partial charge in [0.15, 0.2) is 0 Å². The molecule has 0 heterocycles. The van der Waals surface area contributed by atoms with Crippen LogP contribution in [0.1, 0.15) is 57.8 Å². The van der Waals surface area contributed by atoms with Crippen molar-refractivity contribution in [1.82, 2.24) is 0 Å². The molecule has 96 valence electrons. The van der Waals surface area contributed by atoms with E-state index in [2.05, 4.69) is 11.8 Å². The zero-order valence-electron chi connectivity index (χ0n) is 10.7. The maximum absolute atomic E-state index is 9.77. The van der Waals surface area contributed by atoms with E-state index in [4.69, 9.17) is 4.74 Å².